The molecule has 1 aliphatic rings. The summed E-state index contributed by atoms with van der Waals surface area (Å²) in [5.41, 5.74) is 0.595. The molecule has 3 nitrogen and oxygen atoms in total. The van der Waals surface area contributed by atoms with Crippen molar-refractivity contribution in [1.29, 1.82) is 0 Å². The first kappa shape index (κ1) is 12.9. The molecular weight excluding hydrogens is 346 g/mol. The third kappa shape index (κ3) is 2.61. The van der Waals surface area contributed by atoms with Gasteiger partial charge in [0.15, 0.2) is 0 Å². The quantitative estimate of drug-likeness (QED) is 0.634. The number of rotatable bonds is 1. The Labute approximate surface area is 126 Å². The zero-order chi connectivity index (χ0) is 13.4. The fourth-order valence-corrected chi connectivity index (χ4v) is 4.80. The second-order valence-corrected chi connectivity index (χ2v) is 6.85. The number of halogens is 1. The summed E-state index contributed by atoms with van der Waals surface area (Å²) >= 11 is 6.90. The lowest BCUT2D eigenvalue weighted by atomic mass is 10.3. The minimum absolute atomic E-state index is 0.595. The molecule has 0 aliphatic carbocycles. The zero-order valence-electron chi connectivity index (χ0n) is 9.51. The number of fused-ring (bicyclic) bond motifs is 2. The highest BCUT2D eigenvalue weighted by Gasteiger charge is 2.19. The van der Waals surface area contributed by atoms with Crippen LogP contribution in [0.4, 0.5) is 10.5 Å². The molecule has 1 aliphatic heterocycles. The fraction of sp³-hybridized carbons (Fsp3) is 0. The molecule has 0 atom stereocenters. The summed E-state index contributed by atoms with van der Waals surface area (Å²) in [6.07, 6.45) is -1.04. The third-order valence-electron chi connectivity index (χ3n) is 2.56. The molecule has 2 N–H and O–H groups in total. The Kier molecular flexibility index (Phi) is 3.47. The Morgan fingerprint density at radius 2 is 1.95 bits per heavy atom. The van der Waals surface area contributed by atoms with Gasteiger partial charge in [-0.3, -0.25) is 5.32 Å². The van der Waals surface area contributed by atoms with E-state index in [-0.39, 0.29) is 0 Å². The van der Waals surface area contributed by atoms with Crippen molar-refractivity contribution in [2.45, 2.75) is 19.6 Å². The van der Waals surface area contributed by atoms with Crippen molar-refractivity contribution in [3.05, 3.63) is 40.9 Å². The zero-order valence-corrected chi connectivity index (χ0v) is 12.7. The molecular formula is C13H8BrNO2S2. The Morgan fingerprint density at radius 3 is 2.74 bits per heavy atom. The van der Waals surface area contributed by atoms with Crippen LogP contribution in [-0.4, -0.2) is 11.2 Å². The van der Waals surface area contributed by atoms with Gasteiger partial charge >= 0.3 is 6.09 Å². The molecule has 0 saturated heterocycles. The van der Waals surface area contributed by atoms with E-state index in [4.69, 9.17) is 5.11 Å². The van der Waals surface area contributed by atoms with Gasteiger partial charge in [-0.2, -0.15) is 0 Å². The lowest BCUT2D eigenvalue weighted by molar-refractivity contribution is 0.209. The summed E-state index contributed by atoms with van der Waals surface area (Å²) < 4.78 is 1.08. The van der Waals surface area contributed by atoms with Crippen molar-refractivity contribution in [3.63, 3.8) is 0 Å². The van der Waals surface area contributed by atoms with Gasteiger partial charge in [-0.1, -0.05) is 29.6 Å². The molecule has 1 heterocycles. The summed E-state index contributed by atoms with van der Waals surface area (Å²) in [4.78, 5) is 15.2. The van der Waals surface area contributed by atoms with E-state index in [1.165, 1.54) is 9.79 Å². The summed E-state index contributed by atoms with van der Waals surface area (Å²) in [6.45, 7) is 0. The first-order valence-electron chi connectivity index (χ1n) is 5.42. The standard InChI is InChI=1S/C13H8BrNO2S2/c14-8-2-1-3-10-12(8)19-9-5-4-7(15-13(16)17)6-11(9)18-10/h1-6,15H,(H,16,17). The maximum Gasteiger partial charge on any atom is 0.409 e. The molecule has 0 saturated carbocycles. The number of nitrogens with one attached hydrogen (secondary N) is 1. The molecule has 0 aromatic heterocycles. The first-order chi connectivity index (χ1) is 9.13. The molecule has 2 aromatic carbocycles. The van der Waals surface area contributed by atoms with E-state index >= 15 is 0 Å². The molecule has 6 heteroatoms. The molecule has 19 heavy (non-hydrogen) atoms. The number of carbonyl (C=O) groups is 1. The molecule has 0 radical (unpaired) electrons. The number of hydrogen-bond donors (Lipinski definition) is 2. The number of hydrogen-bond acceptors (Lipinski definition) is 3. The Hall–Kier alpha value is -1.11. The largest absolute Gasteiger partial charge is 0.465 e. The van der Waals surface area contributed by atoms with Crippen molar-refractivity contribution >= 4 is 51.2 Å². The summed E-state index contributed by atoms with van der Waals surface area (Å²) in [7, 11) is 0. The lowest BCUT2D eigenvalue weighted by Gasteiger charge is -2.19. The van der Waals surface area contributed by atoms with Crippen LogP contribution in [0.3, 0.4) is 0 Å². The second kappa shape index (κ2) is 5.11. The van der Waals surface area contributed by atoms with Crippen molar-refractivity contribution in [1.82, 2.24) is 0 Å². The average Bonchev–Trinajstić information content (AvgIpc) is 2.36. The number of benzene rings is 2. The minimum atomic E-state index is -1.04. The SMILES string of the molecule is O=C(O)Nc1ccc2c(c1)Sc1cccc(Br)c1S2. The van der Waals surface area contributed by atoms with Crippen LogP contribution in [0.15, 0.2) is 60.5 Å². The molecule has 0 unspecified atom stereocenters. The highest BCUT2D eigenvalue weighted by molar-refractivity contribution is 9.10. The lowest BCUT2D eigenvalue weighted by Crippen LogP contribution is -2.07. The maximum absolute atomic E-state index is 10.7. The Morgan fingerprint density at radius 1 is 1.11 bits per heavy atom. The van der Waals surface area contributed by atoms with Crippen LogP contribution < -0.4 is 5.32 Å². The van der Waals surface area contributed by atoms with Gasteiger partial charge in [0.1, 0.15) is 0 Å². The molecule has 1 amide bonds. The molecule has 0 fully saturated rings. The van der Waals surface area contributed by atoms with Crippen molar-refractivity contribution in [2.75, 3.05) is 5.32 Å². The molecule has 96 valence electrons. The van der Waals surface area contributed by atoms with Crippen LogP contribution in [0.2, 0.25) is 0 Å². The van der Waals surface area contributed by atoms with E-state index in [9.17, 15) is 4.79 Å². The third-order valence-corrected chi connectivity index (χ3v) is 6.08. The van der Waals surface area contributed by atoms with Gasteiger partial charge in [0.2, 0.25) is 0 Å². The predicted octanol–water partition coefficient (Wildman–Crippen LogP) is 5.15. The van der Waals surface area contributed by atoms with Crippen molar-refractivity contribution in [2.24, 2.45) is 0 Å². The van der Waals surface area contributed by atoms with Crippen LogP contribution in [0, 0.1) is 0 Å². The van der Waals surface area contributed by atoms with E-state index in [2.05, 4.69) is 27.3 Å². The predicted molar refractivity (Wildman–Crippen MR) is 80.5 cm³/mol. The van der Waals surface area contributed by atoms with Gasteiger partial charge in [-0.25, -0.2) is 4.79 Å². The van der Waals surface area contributed by atoms with E-state index in [0.29, 0.717) is 5.69 Å². The fourth-order valence-electron chi connectivity index (χ4n) is 1.77. The van der Waals surface area contributed by atoms with Crippen LogP contribution in [0.1, 0.15) is 0 Å². The Balaban J connectivity index is 1.98. The van der Waals surface area contributed by atoms with Gasteiger partial charge in [0.05, 0.1) is 0 Å². The van der Waals surface area contributed by atoms with E-state index in [1.807, 2.05) is 24.3 Å². The van der Waals surface area contributed by atoms with E-state index in [0.717, 1.165) is 14.3 Å². The summed E-state index contributed by atoms with van der Waals surface area (Å²) in [6, 6.07) is 11.7. The average molecular weight is 354 g/mol. The smallest absolute Gasteiger partial charge is 0.409 e. The maximum atomic E-state index is 10.7. The van der Waals surface area contributed by atoms with E-state index in [1.54, 1.807) is 29.6 Å². The topological polar surface area (TPSA) is 49.3 Å². The normalized spacial score (nSPS) is 12.5. The van der Waals surface area contributed by atoms with Crippen LogP contribution in [0.25, 0.3) is 0 Å². The van der Waals surface area contributed by atoms with Crippen LogP contribution in [-0.2, 0) is 0 Å². The van der Waals surface area contributed by atoms with Gasteiger partial charge in [-0.05, 0) is 46.3 Å². The highest BCUT2D eigenvalue weighted by Crippen LogP contribution is 2.51. The minimum Gasteiger partial charge on any atom is -0.465 e. The molecule has 0 bridgehead atoms. The van der Waals surface area contributed by atoms with Gasteiger partial charge in [0.25, 0.3) is 0 Å². The number of amides is 1. The molecule has 3 rings (SSSR count). The Bertz CT molecular complexity index is 676. The molecule has 0 spiro atoms. The van der Waals surface area contributed by atoms with Gasteiger partial charge in [-0.15, -0.1) is 0 Å². The second-order valence-electron chi connectivity index (χ2n) is 3.86. The van der Waals surface area contributed by atoms with Crippen molar-refractivity contribution in [3.8, 4) is 0 Å². The van der Waals surface area contributed by atoms with Gasteiger partial charge in [0, 0.05) is 29.7 Å². The van der Waals surface area contributed by atoms with Crippen molar-refractivity contribution < 1.29 is 9.90 Å². The van der Waals surface area contributed by atoms with E-state index < -0.39 is 6.09 Å². The number of anilines is 1. The van der Waals surface area contributed by atoms with Gasteiger partial charge < -0.3 is 5.11 Å². The van der Waals surface area contributed by atoms with Crippen LogP contribution >= 0.6 is 39.5 Å². The highest BCUT2D eigenvalue weighted by atomic mass is 79.9. The van der Waals surface area contributed by atoms with Crippen LogP contribution in [0.5, 0.6) is 0 Å². The first-order valence-corrected chi connectivity index (χ1v) is 7.84. The summed E-state index contributed by atoms with van der Waals surface area (Å²) in [5.74, 6) is 0. The monoisotopic (exact) mass is 353 g/mol. The summed E-state index contributed by atoms with van der Waals surface area (Å²) in [5, 5.41) is 11.1. The number of carboxylic acid groups (broad SMARTS) is 1. The molecule has 2 aromatic rings.